The molecule has 3 heteroatoms. The fraction of sp³-hybridized carbons (Fsp3) is 1.00. The van der Waals surface area contributed by atoms with Crippen LogP contribution in [0.25, 0.3) is 0 Å². The van der Waals surface area contributed by atoms with Crippen LogP contribution in [-0.2, 0) is 0 Å². The van der Waals surface area contributed by atoms with Gasteiger partial charge in [0.2, 0.25) is 0 Å². The Balaban J connectivity index is 2.44. The maximum Gasteiger partial charge on any atom is 0.0894 e. The van der Waals surface area contributed by atoms with Gasteiger partial charge in [0, 0.05) is 24.7 Å². The molecule has 0 aromatic rings. The molecule has 0 aromatic heterocycles. The average Bonchev–Trinajstić information content (AvgIpc) is 2.23. The highest BCUT2D eigenvalue weighted by Gasteiger charge is 2.33. The van der Waals surface area contributed by atoms with Crippen molar-refractivity contribution in [2.45, 2.75) is 58.5 Å². The number of halogens is 1. The number of piperazine rings is 1. The smallest absolute Gasteiger partial charge is 0.0894 e. The van der Waals surface area contributed by atoms with E-state index in [1.807, 2.05) is 0 Å². The third-order valence-electron chi connectivity index (χ3n) is 3.71. The van der Waals surface area contributed by atoms with E-state index >= 15 is 0 Å². The molecular weight excluding hydrogens is 215 g/mol. The van der Waals surface area contributed by atoms with Crippen LogP contribution in [0.15, 0.2) is 0 Å². The molecule has 0 saturated carbocycles. The lowest BCUT2D eigenvalue weighted by Gasteiger charge is -2.46. The minimum atomic E-state index is -0.166. The van der Waals surface area contributed by atoms with Gasteiger partial charge in [-0.05, 0) is 45.6 Å². The Morgan fingerprint density at radius 2 is 2.00 bits per heavy atom. The maximum atomic E-state index is 12.1. The summed E-state index contributed by atoms with van der Waals surface area (Å²) < 4.78 is 12.1. The first-order chi connectivity index (χ1) is 7.96. The van der Waals surface area contributed by atoms with Gasteiger partial charge in [0.05, 0.1) is 6.67 Å². The Kier molecular flexibility index (Phi) is 5.87. The lowest BCUT2D eigenvalue weighted by atomic mass is 9.93. The fourth-order valence-corrected chi connectivity index (χ4v) is 2.68. The van der Waals surface area contributed by atoms with Crippen LogP contribution in [0.4, 0.5) is 4.39 Å². The molecule has 2 nitrogen and oxygen atoms in total. The standard InChI is InChI=1S/C14H29FN2/c1-12(2)13-10-16-14(3,4)11-17(13)9-7-5-6-8-15/h12-13,16H,5-11H2,1-4H3. The molecule has 0 aliphatic carbocycles. The molecule has 17 heavy (non-hydrogen) atoms. The quantitative estimate of drug-likeness (QED) is 0.723. The molecule has 1 aliphatic heterocycles. The second kappa shape index (κ2) is 6.69. The maximum absolute atomic E-state index is 12.1. The largest absolute Gasteiger partial charge is 0.309 e. The van der Waals surface area contributed by atoms with Crippen molar-refractivity contribution in [3.8, 4) is 0 Å². The zero-order chi connectivity index (χ0) is 12.9. The summed E-state index contributed by atoms with van der Waals surface area (Å²) in [6.07, 6.45) is 2.87. The predicted molar refractivity (Wildman–Crippen MR) is 72.1 cm³/mol. The van der Waals surface area contributed by atoms with Crippen molar-refractivity contribution in [1.29, 1.82) is 0 Å². The van der Waals surface area contributed by atoms with Crippen LogP contribution < -0.4 is 5.32 Å². The number of hydrogen-bond acceptors (Lipinski definition) is 2. The van der Waals surface area contributed by atoms with Crippen LogP contribution in [0.1, 0.15) is 47.0 Å². The van der Waals surface area contributed by atoms with Crippen molar-refractivity contribution in [2.75, 3.05) is 26.3 Å². The number of hydrogen-bond donors (Lipinski definition) is 1. The highest BCUT2D eigenvalue weighted by Crippen LogP contribution is 2.20. The van der Waals surface area contributed by atoms with Gasteiger partial charge in [-0.25, -0.2) is 0 Å². The SMILES string of the molecule is CC(C)C1CNC(C)(C)CN1CCCCCF. The summed E-state index contributed by atoms with van der Waals surface area (Å²) in [7, 11) is 0. The Morgan fingerprint density at radius 3 is 2.59 bits per heavy atom. The predicted octanol–water partition coefficient (Wildman–Crippen LogP) is 2.83. The first-order valence-electron chi connectivity index (χ1n) is 7.01. The summed E-state index contributed by atoms with van der Waals surface area (Å²) in [4.78, 5) is 2.60. The van der Waals surface area contributed by atoms with E-state index in [1.165, 1.54) is 0 Å². The molecule has 0 amide bonds. The van der Waals surface area contributed by atoms with Gasteiger partial charge in [0.15, 0.2) is 0 Å². The molecule has 1 N–H and O–H groups in total. The minimum Gasteiger partial charge on any atom is -0.309 e. The van der Waals surface area contributed by atoms with Crippen LogP contribution in [0, 0.1) is 5.92 Å². The van der Waals surface area contributed by atoms with Gasteiger partial charge in [0.25, 0.3) is 0 Å². The van der Waals surface area contributed by atoms with E-state index in [1.54, 1.807) is 0 Å². The van der Waals surface area contributed by atoms with Gasteiger partial charge >= 0.3 is 0 Å². The van der Waals surface area contributed by atoms with E-state index in [0.29, 0.717) is 12.0 Å². The Morgan fingerprint density at radius 1 is 1.29 bits per heavy atom. The van der Waals surface area contributed by atoms with Gasteiger partial charge < -0.3 is 5.32 Å². The number of rotatable bonds is 6. The Labute approximate surface area is 106 Å². The monoisotopic (exact) mass is 244 g/mol. The van der Waals surface area contributed by atoms with E-state index in [0.717, 1.165) is 38.9 Å². The normalized spacial score (nSPS) is 25.4. The molecule has 0 radical (unpaired) electrons. The van der Waals surface area contributed by atoms with E-state index in [4.69, 9.17) is 0 Å². The third-order valence-corrected chi connectivity index (χ3v) is 3.71. The van der Waals surface area contributed by atoms with Crippen molar-refractivity contribution in [2.24, 2.45) is 5.92 Å². The third kappa shape index (κ3) is 4.92. The lowest BCUT2D eigenvalue weighted by molar-refractivity contribution is 0.0677. The summed E-state index contributed by atoms with van der Waals surface area (Å²) in [5, 5.41) is 3.62. The summed E-state index contributed by atoms with van der Waals surface area (Å²) in [6.45, 7) is 12.2. The molecule has 1 unspecified atom stereocenters. The molecule has 1 aliphatic rings. The van der Waals surface area contributed by atoms with Crippen molar-refractivity contribution in [1.82, 2.24) is 10.2 Å². The van der Waals surface area contributed by atoms with Crippen LogP contribution in [0.2, 0.25) is 0 Å². The van der Waals surface area contributed by atoms with Crippen molar-refractivity contribution >= 4 is 0 Å². The van der Waals surface area contributed by atoms with Gasteiger partial charge in [0.1, 0.15) is 0 Å². The second-order valence-electron chi connectivity index (χ2n) is 6.30. The topological polar surface area (TPSA) is 15.3 Å². The number of unbranched alkanes of at least 4 members (excludes halogenated alkanes) is 2. The van der Waals surface area contributed by atoms with Gasteiger partial charge in [-0.2, -0.15) is 0 Å². The summed E-state index contributed by atoms with van der Waals surface area (Å²) in [6, 6.07) is 0.633. The van der Waals surface area contributed by atoms with E-state index in [2.05, 4.69) is 37.9 Å². The van der Waals surface area contributed by atoms with Crippen LogP contribution >= 0.6 is 0 Å². The molecular formula is C14H29FN2. The number of nitrogens with zero attached hydrogens (tertiary/aromatic N) is 1. The highest BCUT2D eigenvalue weighted by atomic mass is 19.1. The van der Waals surface area contributed by atoms with Crippen molar-refractivity contribution in [3.05, 3.63) is 0 Å². The zero-order valence-corrected chi connectivity index (χ0v) is 11.9. The first-order valence-corrected chi connectivity index (χ1v) is 7.01. The molecule has 0 aromatic carbocycles. The molecule has 1 heterocycles. The van der Waals surface area contributed by atoms with E-state index in [-0.39, 0.29) is 12.2 Å². The molecule has 102 valence electrons. The first kappa shape index (κ1) is 14.9. The van der Waals surface area contributed by atoms with Crippen LogP contribution in [-0.4, -0.2) is 42.8 Å². The van der Waals surface area contributed by atoms with Crippen molar-refractivity contribution in [3.63, 3.8) is 0 Å². The molecule has 0 spiro atoms. The summed E-state index contributed by atoms with van der Waals surface area (Å²) in [5.74, 6) is 0.680. The van der Waals surface area contributed by atoms with Crippen LogP contribution in [0.3, 0.4) is 0 Å². The van der Waals surface area contributed by atoms with Crippen LogP contribution in [0.5, 0.6) is 0 Å². The fourth-order valence-electron chi connectivity index (χ4n) is 2.68. The Bertz CT molecular complexity index is 216. The van der Waals surface area contributed by atoms with Crippen molar-refractivity contribution < 1.29 is 4.39 Å². The Hall–Kier alpha value is -0.150. The number of alkyl halides is 1. The molecule has 1 atom stereocenters. The molecule has 1 rings (SSSR count). The average molecular weight is 244 g/mol. The summed E-state index contributed by atoms with van der Waals surface area (Å²) >= 11 is 0. The summed E-state index contributed by atoms with van der Waals surface area (Å²) in [5.41, 5.74) is 0.214. The number of nitrogens with one attached hydrogen (secondary N) is 1. The van der Waals surface area contributed by atoms with Gasteiger partial charge in [-0.15, -0.1) is 0 Å². The highest BCUT2D eigenvalue weighted by molar-refractivity contribution is 4.93. The van der Waals surface area contributed by atoms with E-state index in [9.17, 15) is 4.39 Å². The zero-order valence-electron chi connectivity index (χ0n) is 11.9. The molecule has 1 fully saturated rings. The lowest BCUT2D eigenvalue weighted by Crippen LogP contribution is -2.62. The van der Waals surface area contributed by atoms with Gasteiger partial charge in [-0.1, -0.05) is 13.8 Å². The minimum absolute atomic E-state index is 0.166. The molecule has 0 bridgehead atoms. The molecule has 1 saturated heterocycles. The van der Waals surface area contributed by atoms with Gasteiger partial charge in [-0.3, -0.25) is 9.29 Å². The van der Waals surface area contributed by atoms with E-state index < -0.39 is 0 Å². The second-order valence-corrected chi connectivity index (χ2v) is 6.30.